The van der Waals surface area contributed by atoms with Crippen LogP contribution in [0.4, 0.5) is 8.78 Å². The Bertz CT molecular complexity index is 1160. The average Bonchev–Trinajstić information content (AvgIpc) is 2.70. The van der Waals surface area contributed by atoms with Gasteiger partial charge in [-0.1, -0.05) is 12.1 Å². The van der Waals surface area contributed by atoms with E-state index in [2.05, 4.69) is 15.9 Å². The number of nitrogens with two attached hydrogens (primary N) is 1. The van der Waals surface area contributed by atoms with Crippen LogP contribution in [-0.2, 0) is 6.61 Å². The number of amides is 1. The smallest absolute Gasteiger partial charge is 0.269 e. The lowest BCUT2D eigenvalue weighted by atomic mass is 10.0. The van der Waals surface area contributed by atoms with Crippen LogP contribution in [0.1, 0.15) is 40.1 Å². The summed E-state index contributed by atoms with van der Waals surface area (Å²) in [5, 5.41) is 0. The van der Waals surface area contributed by atoms with Gasteiger partial charge in [-0.25, -0.2) is 8.78 Å². The van der Waals surface area contributed by atoms with E-state index < -0.39 is 17.5 Å². The number of ether oxygens (including phenoxy) is 1. The summed E-state index contributed by atoms with van der Waals surface area (Å²) in [5.74, 6) is -1.66. The molecule has 2 aromatic carbocycles. The summed E-state index contributed by atoms with van der Waals surface area (Å²) in [5.41, 5.74) is 6.95. The molecule has 0 saturated heterocycles. The summed E-state index contributed by atoms with van der Waals surface area (Å²) in [6.07, 6.45) is 0. The van der Waals surface area contributed by atoms with E-state index in [-0.39, 0.29) is 34.0 Å². The summed E-state index contributed by atoms with van der Waals surface area (Å²) in [6, 6.07) is 11.3. The summed E-state index contributed by atoms with van der Waals surface area (Å²) >= 11 is 3.27. The molecule has 0 saturated carbocycles. The van der Waals surface area contributed by atoms with Gasteiger partial charge in [-0.05, 0) is 59.6 Å². The van der Waals surface area contributed by atoms with Crippen LogP contribution in [0.25, 0.3) is 0 Å². The Morgan fingerprint density at radius 2 is 1.83 bits per heavy atom. The third-order valence-corrected chi connectivity index (χ3v) is 5.54. The molecule has 1 aromatic heterocycles. The van der Waals surface area contributed by atoms with E-state index in [1.807, 2.05) is 6.92 Å². The molecule has 3 aromatic rings. The first kappa shape index (κ1) is 21.7. The van der Waals surface area contributed by atoms with Crippen LogP contribution in [0.15, 0.2) is 57.8 Å². The fourth-order valence-electron chi connectivity index (χ4n) is 3.15. The van der Waals surface area contributed by atoms with E-state index in [1.54, 1.807) is 41.8 Å². The highest BCUT2D eigenvalue weighted by Gasteiger charge is 2.18. The van der Waals surface area contributed by atoms with Crippen LogP contribution >= 0.6 is 15.9 Å². The van der Waals surface area contributed by atoms with Crippen molar-refractivity contribution in [1.82, 2.24) is 4.57 Å². The van der Waals surface area contributed by atoms with Crippen molar-refractivity contribution in [3.63, 3.8) is 0 Å². The highest BCUT2D eigenvalue weighted by Crippen LogP contribution is 2.27. The lowest BCUT2D eigenvalue weighted by Crippen LogP contribution is -2.27. The van der Waals surface area contributed by atoms with Crippen LogP contribution in [0.5, 0.6) is 5.75 Å². The number of halogens is 3. The van der Waals surface area contributed by atoms with Gasteiger partial charge in [0.15, 0.2) is 0 Å². The zero-order valence-electron chi connectivity index (χ0n) is 16.3. The number of carbonyl (C=O) groups excluding carboxylic acids is 1. The van der Waals surface area contributed by atoms with Crippen LogP contribution in [0, 0.1) is 18.6 Å². The maximum Gasteiger partial charge on any atom is 0.269 e. The number of hydrogen-bond donors (Lipinski definition) is 1. The molecule has 1 unspecified atom stereocenters. The summed E-state index contributed by atoms with van der Waals surface area (Å²) < 4.78 is 34.3. The first-order chi connectivity index (χ1) is 14.2. The van der Waals surface area contributed by atoms with E-state index in [0.717, 1.165) is 17.7 Å². The number of hydrogen-bond acceptors (Lipinski definition) is 3. The second kappa shape index (κ2) is 8.79. The number of benzene rings is 2. The molecule has 1 atom stereocenters. The molecule has 0 spiro atoms. The van der Waals surface area contributed by atoms with Crippen molar-refractivity contribution < 1.29 is 18.3 Å². The molecule has 2 N–H and O–H groups in total. The van der Waals surface area contributed by atoms with Crippen molar-refractivity contribution in [1.29, 1.82) is 0 Å². The van der Waals surface area contributed by atoms with Gasteiger partial charge in [0.2, 0.25) is 5.91 Å². The molecule has 8 heteroatoms. The molecule has 0 aliphatic heterocycles. The first-order valence-corrected chi connectivity index (χ1v) is 9.86. The van der Waals surface area contributed by atoms with Crippen LogP contribution in [0.3, 0.4) is 0 Å². The Morgan fingerprint density at radius 1 is 1.17 bits per heavy atom. The lowest BCUT2D eigenvalue weighted by molar-refractivity contribution is 0.1000. The standard InChI is InChI=1S/C22H19BrF2N2O3/c1-12-9-19(30-11-16-7-8-17(24)10-18(16)25)20(23)22(29)27(12)13(2)14-3-5-15(6-4-14)21(26)28/h3-10,13H,11H2,1-2H3,(H2,26,28). The molecular formula is C22H19BrF2N2O3. The number of pyridine rings is 1. The molecule has 0 bridgehead atoms. The fraction of sp³-hybridized carbons (Fsp3) is 0.182. The Kier molecular flexibility index (Phi) is 6.36. The second-order valence-electron chi connectivity index (χ2n) is 6.83. The predicted molar refractivity (Wildman–Crippen MR) is 113 cm³/mol. The van der Waals surface area contributed by atoms with Crippen molar-refractivity contribution in [2.24, 2.45) is 5.73 Å². The van der Waals surface area contributed by atoms with E-state index in [9.17, 15) is 18.4 Å². The predicted octanol–water partition coefficient (Wildman–Crippen LogP) is 4.48. The maximum atomic E-state index is 13.8. The van der Waals surface area contributed by atoms with E-state index in [4.69, 9.17) is 10.5 Å². The van der Waals surface area contributed by atoms with Crippen molar-refractivity contribution in [3.8, 4) is 5.75 Å². The molecule has 0 aliphatic carbocycles. The molecule has 5 nitrogen and oxygen atoms in total. The Hall–Kier alpha value is -3.00. The van der Waals surface area contributed by atoms with Gasteiger partial charge < -0.3 is 15.0 Å². The minimum atomic E-state index is -0.718. The number of primary amides is 1. The summed E-state index contributed by atoms with van der Waals surface area (Å²) in [4.78, 5) is 24.2. The van der Waals surface area contributed by atoms with Crippen molar-refractivity contribution in [2.45, 2.75) is 26.5 Å². The minimum Gasteiger partial charge on any atom is -0.487 e. The van der Waals surface area contributed by atoms with Gasteiger partial charge in [0.1, 0.15) is 28.5 Å². The fourth-order valence-corrected chi connectivity index (χ4v) is 3.57. The topological polar surface area (TPSA) is 74.3 Å². The zero-order valence-corrected chi connectivity index (χ0v) is 17.9. The Labute approximate surface area is 180 Å². The number of aromatic nitrogens is 1. The molecule has 156 valence electrons. The van der Waals surface area contributed by atoms with Crippen LogP contribution in [-0.4, -0.2) is 10.5 Å². The van der Waals surface area contributed by atoms with Gasteiger partial charge in [0.25, 0.3) is 5.56 Å². The first-order valence-electron chi connectivity index (χ1n) is 9.07. The van der Waals surface area contributed by atoms with Gasteiger partial charge in [0.05, 0.1) is 6.04 Å². The van der Waals surface area contributed by atoms with Gasteiger partial charge >= 0.3 is 0 Å². The van der Waals surface area contributed by atoms with Crippen LogP contribution in [0.2, 0.25) is 0 Å². The minimum absolute atomic E-state index is 0.155. The molecule has 0 aliphatic rings. The van der Waals surface area contributed by atoms with Gasteiger partial charge in [-0.2, -0.15) is 0 Å². The van der Waals surface area contributed by atoms with Gasteiger partial charge in [0, 0.05) is 29.0 Å². The third-order valence-electron chi connectivity index (χ3n) is 4.81. The highest BCUT2D eigenvalue weighted by molar-refractivity contribution is 9.10. The Morgan fingerprint density at radius 3 is 2.43 bits per heavy atom. The monoisotopic (exact) mass is 476 g/mol. The molecular weight excluding hydrogens is 458 g/mol. The molecule has 0 radical (unpaired) electrons. The van der Waals surface area contributed by atoms with Crippen molar-refractivity contribution in [2.75, 3.05) is 0 Å². The zero-order chi connectivity index (χ0) is 22.0. The highest BCUT2D eigenvalue weighted by atomic mass is 79.9. The maximum absolute atomic E-state index is 13.8. The largest absolute Gasteiger partial charge is 0.487 e. The number of rotatable bonds is 6. The number of aryl methyl sites for hydroxylation is 1. The van der Waals surface area contributed by atoms with E-state index >= 15 is 0 Å². The third kappa shape index (κ3) is 4.43. The SMILES string of the molecule is Cc1cc(OCc2ccc(F)cc2F)c(Br)c(=O)n1C(C)c1ccc(C(N)=O)cc1. The molecule has 1 heterocycles. The van der Waals surface area contributed by atoms with Crippen molar-refractivity contribution in [3.05, 3.63) is 97.4 Å². The summed E-state index contributed by atoms with van der Waals surface area (Å²) in [6.45, 7) is 3.46. The molecule has 30 heavy (non-hydrogen) atoms. The van der Waals surface area contributed by atoms with E-state index in [1.165, 1.54) is 6.07 Å². The van der Waals surface area contributed by atoms with E-state index in [0.29, 0.717) is 11.3 Å². The second-order valence-corrected chi connectivity index (χ2v) is 7.62. The molecule has 3 rings (SSSR count). The molecule has 0 fully saturated rings. The number of carbonyl (C=O) groups is 1. The van der Waals surface area contributed by atoms with Gasteiger partial charge in [-0.3, -0.25) is 9.59 Å². The summed E-state index contributed by atoms with van der Waals surface area (Å²) in [7, 11) is 0. The van der Waals surface area contributed by atoms with Crippen LogP contribution < -0.4 is 16.0 Å². The lowest BCUT2D eigenvalue weighted by Gasteiger charge is -2.21. The quantitative estimate of drug-likeness (QED) is 0.569. The normalized spacial score (nSPS) is 11.9. The van der Waals surface area contributed by atoms with Gasteiger partial charge in [-0.15, -0.1) is 0 Å². The average molecular weight is 477 g/mol. The van der Waals surface area contributed by atoms with Crippen molar-refractivity contribution >= 4 is 21.8 Å². The molecule has 1 amide bonds. The number of nitrogens with zero attached hydrogens (tertiary/aromatic N) is 1. The Balaban J connectivity index is 1.88.